The number of amidine groups is 1. The maximum absolute atomic E-state index is 13.9. The van der Waals surface area contributed by atoms with Crippen molar-refractivity contribution in [2.75, 3.05) is 40.3 Å². The Bertz CT molecular complexity index is 460. The second-order valence-corrected chi connectivity index (χ2v) is 4.81. The molecule has 5 heteroatoms. The third-order valence-electron chi connectivity index (χ3n) is 2.90. The fourth-order valence-electron chi connectivity index (χ4n) is 1.83. The highest BCUT2D eigenvalue weighted by Gasteiger charge is 2.11. The zero-order chi connectivity index (χ0) is 13.7. The highest BCUT2D eigenvalue weighted by molar-refractivity contribution is 5.99. The van der Waals surface area contributed by atoms with E-state index in [4.69, 9.17) is 4.74 Å². The zero-order valence-corrected chi connectivity index (χ0v) is 11.4. The van der Waals surface area contributed by atoms with Gasteiger partial charge in [0.2, 0.25) is 0 Å². The number of ether oxygens (including phenoxy) is 1. The molecule has 0 aromatic heterocycles. The van der Waals surface area contributed by atoms with Gasteiger partial charge in [0, 0.05) is 25.2 Å². The molecule has 1 aliphatic rings. The smallest absolute Gasteiger partial charge is 0.165 e. The highest BCUT2D eigenvalue weighted by atomic mass is 19.1. The lowest BCUT2D eigenvalue weighted by Crippen LogP contribution is -2.30. The highest BCUT2D eigenvalue weighted by Crippen LogP contribution is 2.19. The summed E-state index contributed by atoms with van der Waals surface area (Å²) in [5.41, 5.74) is 0.775. The van der Waals surface area contributed by atoms with Crippen molar-refractivity contribution < 1.29 is 9.13 Å². The predicted octanol–water partition coefficient (Wildman–Crippen LogP) is 1.51. The molecular formula is C14H20FN3O. The molecule has 1 aromatic carbocycles. The van der Waals surface area contributed by atoms with E-state index in [0.717, 1.165) is 37.5 Å². The minimum Gasteiger partial charge on any atom is -0.489 e. The molecule has 0 fully saturated rings. The zero-order valence-electron chi connectivity index (χ0n) is 11.4. The second kappa shape index (κ2) is 6.52. The third kappa shape index (κ3) is 3.92. The van der Waals surface area contributed by atoms with E-state index in [9.17, 15) is 4.39 Å². The van der Waals surface area contributed by atoms with E-state index < -0.39 is 0 Å². The molecular weight excluding hydrogens is 245 g/mol. The molecule has 104 valence electrons. The van der Waals surface area contributed by atoms with Crippen LogP contribution < -0.4 is 10.1 Å². The van der Waals surface area contributed by atoms with Gasteiger partial charge in [-0.05, 0) is 38.7 Å². The van der Waals surface area contributed by atoms with Crippen LogP contribution in [0.1, 0.15) is 12.0 Å². The van der Waals surface area contributed by atoms with Gasteiger partial charge in [-0.3, -0.25) is 4.99 Å². The summed E-state index contributed by atoms with van der Waals surface area (Å²) in [6.07, 6.45) is 1.03. The summed E-state index contributed by atoms with van der Waals surface area (Å²) < 4.78 is 19.3. The van der Waals surface area contributed by atoms with E-state index >= 15 is 0 Å². The molecule has 1 N–H and O–H groups in total. The summed E-state index contributed by atoms with van der Waals surface area (Å²) in [7, 11) is 3.91. The molecule has 1 aromatic rings. The quantitative estimate of drug-likeness (QED) is 0.876. The summed E-state index contributed by atoms with van der Waals surface area (Å²) in [6.45, 7) is 2.92. The van der Waals surface area contributed by atoms with E-state index in [-0.39, 0.29) is 5.82 Å². The number of benzene rings is 1. The number of nitrogens with zero attached hydrogens (tertiary/aromatic N) is 2. The summed E-state index contributed by atoms with van der Waals surface area (Å²) in [5, 5.41) is 3.18. The van der Waals surface area contributed by atoms with Gasteiger partial charge in [0.25, 0.3) is 0 Å². The van der Waals surface area contributed by atoms with E-state index in [1.165, 1.54) is 6.07 Å². The van der Waals surface area contributed by atoms with Crippen LogP contribution >= 0.6 is 0 Å². The first-order valence-corrected chi connectivity index (χ1v) is 6.52. The normalized spacial score (nSPS) is 15.1. The lowest BCUT2D eigenvalue weighted by Gasteiger charge is -2.16. The summed E-state index contributed by atoms with van der Waals surface area (Å²) in [6, 6.07) is 4.98. The number of hydrogen-bond acceptors (Lipinski definition) is 4. The Morgan fingerprint density at radius 1 is 1.42 bits per heavy atom. The third-order valence-corrected chi connectivity index (χ3v) is 2.90. The van der Waals surface area contributed by atoms with E-state index in [2.05, 4.69) is 10.3 Å². The van der Waals surface area contributed by atoms with Crippen molar-refractivity contribution in [1.82, 2.24) is 10.2 Å². The van der Waals surface area contributed by atoms with Crippen LogP contribution in [-0.2, 0) is 0 Å². The van der Waals surface area contributed by atoms with Crippen molar-refractivity contribution in [2.24, 2.45) is 4.99 Å². The lowest BCUT2D eigenvalue weighted by molar-refractivity contribution is 0.252. The van der Waals surface area contributed by atoms with Gasteiger partial charge < -0.3 is 15.0 Å². The monoisotopic (exact) mass is 265 g/mol. The molecule has 1 heterocycles. The first kappa shape index (κ1) is 13.8. The number of hydrogen-bond donors (Lipinski definition) is 1. The van der Waals surface area contributed by atoms with Gasteiger partial charge in [0.05, 0.1) is 0 Å². The molecule has 4 nitrogen and oxygen atoms in total. The Hall–Kier alpha value is -1.62. The minimum absolute atomic E-state index is 0.294. The average molecular weight is 265 g/mol. The molecule has 0 saturated heterocycles. The van der Waals surface area contributed by atoms with Crippen molar-refractivity contribution in [2.45, 2.75) is 6.42 Å². The molecule has 0 radical (unpaired) electrons. The van der Waals surface area contributed by atoms with Crippen molar-refractivity contribution in [3.05, 3.63) is 29.6 Å². The summed E-state index contributed by atoms with van der Waals surface area (Å²) in [4.78, 5) is 6.34. The van der Waals surface area contributed by atoms with Gasteiger partial charge in [0.15, 0.2) is 11.6 Å². The molecule has 0 amide bonds. The molecule has 0 saturated carbocycles. The Labute approximate surface area is 113 Å². The Morgan fingerprint density at radius 3 is 2.89 bits per heavy atom. The lowest BCUT2D eigenvalue weighted by atomic mass is 10.1. The summed E-state index contributed by atoms with van der Waals surface area (Å²) >= 11 is 0. The molecule has 0 atom stereocenters. The van der Waals surface area contributed by atoms with Gasteiger partial charge in [-0.1, -0.05) is 0 Å². The summed E-state index contributed by atoms with van der Waals surface area (Å²) in [5.74, 6) is 0.721. The Morgan fingerprint density at radius 2 is 2.26 bits per heavy atom. The van der Waals surface area contributed by atoms with Crippen LogP contribution in [0.25, 0.3) is 0 Å². The number of nitrogens with one attached hydrogen (secondary N) is 1. The van der Waals surface area contributed by atoms with Crippen LogP contribution in [0, 0.1) is 5.82 Å². The first-order chi connectivity index (χ1) is 9.16. The van der Waals surface area contributed by atoms with Gasteiger partial charge >= 0.3 is 0 Å². The number of likely N-dealkylation sites (N-methyl/N-ethyl adjacent to an activating group) is 1. The van der Waals surface area contributed by atoms with Crippen LogP contribution in [0.2, 0.25) is 0 Å². The van der Waals surface area contributed by atoms with Crippen LogP contribution in [0.3, 0.4) is 0 Å². The number of rotatable bonds is 5. The van der Waals surface area contributed by atoms with E-state index in [1.54, 1.807) is 6.07 Å². The second-order valence-electron chi connectivity index (χ2n) is 4.81. The predicted molar refractivity (Wildman–Crippen MR) is 74.5 cm³/mol. The number of halogens is 1. The standard InChI is InChI=1S/C14H20FN3O/c1-18(2)8-9-19-13-5-4-11(10-12(13)15)14-16-6-3-7-17-14/h4-5,10H,3,6-9H2,1-2H3,(H,16,17). The molecule has 0 unspecified atom stereocenters. The average Bonchev–Trinajstić information content (AvgIpc) is 2.41. The van der Waals surface area contributed by atoms with Crippen LogP contribution in [0.15, 0.2) is 23.2 Å². The Balaban J connectivity index is 2.02. The van der Waals surface area contributed by atoms with Crippen molar-refractivity contribution >= 4 is 5.84 Å². The maximum atomic E-state index is 13.9. The van der Waals surface area contributed by atoms with E-state index in [1.807, 2.05) is 25.1 Å². The SMILES string of the molecule is CN(C)CCOc1ccc(C2=NCCCN2)cc1F. The molecule has 0 aliphatic carbocycles. The molecule has 1 aliphatic heterocycles. The van der Waals surface area contributed by atoms with Gasteiger partial charge in [0.1, 0.15) is 12.4 Å². The van der Waals surface area contributed by atoms with Gasteiger partial charge in [-0.2, -0.15) is 0 Å². The minimum atomic E-state index is -0.341. The topological polar surface area (TPSA) is 36.9 Å². The fraction of sp³-hybridized carbons (Fsp3) is 0.500. The Kier molecular flexibility index (Phi) is 4.74. The van der Waals surface area contributed by atoms with Gasteiger partial charge in [-0.15, -0.1) is 0 Å². The van der Waals surface area contributed by atoms with Crippen LogP contribution in [0.5, 0.6) is 5.75 Å². The van der Waals surface area contributed by atoms with Gasteiger partial charge in [-0.25, -0.2) is 4.39 Å². The molecule has 19 heavy (non-hydrogen) atoms. The van der Waals surface area contributed by atoms with E-state index in [0.29, 0.717) is 12.4 Å². The van der Waals surface area contributed by atoms with Crippen molar-refractivity contribution in [3.8, 4) is 5.75 Å². The van der Waals surface area contributed by atoms with Crippen LogP contribution in [-0.4, -0.2) is 51.1 Å². The van der Waals surface area contributed by atoms with Crippen molar-refractivity contribution in [3.63, 3.8) is 0 Å². The van der Waals surface area contributed by atoms with Crippen molar-refractivity contribution in [1.29, 1.82) is 0 Å². The first-order valence-electron chi connectivity index (χ1n) is 6.52. The molecule has 0 bridgehead atoms. The molecule has 2 rings (SSSR count). The van der Waals surface area contributed by atoms with Crippen LogP contribution in [0.4, 0.5) is 4.39 Å². The fourth-order valence-corrected chi connectivity index (χ4v) is 1.83. The maximum Gasteiger partial charge on any atom is 0.165 e. The largest absolute Gasteiger partial charge is 0.489 e. The molecule has 0 spiro atoms. The number of aliphatic imine (C=N–C) groups is 1.